The normalized spacial score (nSPS) is 18.5. The predicted octanol–water partition coefficient (Wildman–Crippen LogP) is 2.44. The summed E-state index contributed by atoms with van der Waals surface area (Å²) in [5, 5.41) is 0. The maximum absolute atomic E-state index is 13.8. The van der Waals surface area contributed by atoms with Crippen molar-refractivity contribution >= 4 is 5.91 Å². The number of carbonyl (C=O) groups is 1. The standard InChI is InChI=1S/C17H23F4N3O/c1-11(2)24-7-5-23(6-8-24)10-13(16(22)25)12-3-4-14(15(18)9-12)17(19,20)21/h3-4,9,11,13H,5-8,10H2,1-2H3,(H2,22,25)/t13-/m0/s1. The molecule has 1 atom stereocenters. The zero-order valence-electron chi connectivity index (χ0n) is 14.3. The third kappa shape index (κ3) is 4.92. The molecule has 0 bridgehead atoms. The molecule has 1 aromatic rings. The Labute approximate surface area is 144 Å². The molecule has 25 heavy (non-hydrogen) atoms. The summed E-state index contributed by atoms with van der Waals surface area (Å²) >= 11 is 0. The number of amides is 1. The molecule has 1 aliphatic rings. The monoisotopic (exact) mass is 361 g/mol. The van der Waals surface area contributed by atoms with E-state index in [0.717, 1.165) is 38.3 Å². The lowest BCUT2D eigenvalue weighted by Gasteiger charge is -2.38. The minimum absolute atomic E-state index is 0.171. The second kappa shape index (κ2) is 7.70. The van der Waals surface area contributed by atoms with E-state index in [1.165, 1.54) is 0 Å². The molecule has 2 N–H and O–H groups in total. The van der Waals surface area contributed by atoms with Gasteiger partial charge in [0.2, 0.25) is 5.91 Å². The van der Waals surface area contributed by atoms with Crippen molar-refractivity contribution in [3.63, 3.8) is 0 Å². The SMILES string of the molecule is CC(C)N1CCN(C[C@H](C(N)=O)c2ccc(C(F)(F)F)c(F)c2)CC1. The number of rotatable bonds is 5. The molecule has 8 heteroatoms. The van der Waals surface area contributed by atoms with Crippen LogP contribution in [0.1, 0.15) is 30.9 Å². The van der Waals surface area contributed by atoms with Gasteiger partial charge in [-0.25, -0.2) is 4.39 Å². The lowest BCUT2D eigenvalue weighted by atomic mass is 9.96. The molecule has 1 fully saturated rings. The summed E-state index contributed by atoms with van der Waals surface area (Å²) in [5.41, 5.74) is 4.24. The molecule has 1 aromatic carbocycles. The highest BCUT2D eigenvalue weighted by molar-refractivity contribution is 5.82. The van der Waals surface area contributed by atoms with Gasteiger partial charge in [0.05, 0.1) is 11.5 Å². The van der Waals surface area contributed by atoms with Gasteiger partial charge in [-0.05, 0) is 31.5 Å². The number of piperazine rings is 1. The number of alkyl halides is 3. The smallest absolute Gasteiger partial charge is 0.369 e. The van der Waals surface area contributed by atoms with Crippen LogP contribution in [-0.4, -0.2) is 54.5 Å². The summed E-state index contributed by atoms with van der Waals surface area (Å²) in [6, 6.07) is 2.99. The first-order chi connectivity index (χ1) is 11.6. The summed E-state index contributed by atoms with van der Waals surface area (Å²) in [6.07, 6.45) is -4.77. The predicted molar refractivity (Wildman–Crippen MR) is 86.5 cm³/mol. The average Bonchev–Trinajstić information content (AvgIpc) is 2.51. The summed E-state index contributed by atoms with van der Waals surface area (Å²) in [6.45, 7) is 7.61. The van der Waals surface area contributed by atoms with E-state index in [1.807, 2.05) is 4.90 Å². The van der Waals surface area contributed by atoms with Crippen LogP contribution >= 0.6 is 0 Å². The minimum atomic E-state index is -4.77. The van der Waals surface area contributed by atoms with E-state index in [1.54, 1.807) is 0 Å². The fourth-order valence-corrected chi connectivity index (χ4v) is 3.06. The first kappa shape index (κ1) is 19.7. The molecule has 1 heterocycles. The maximum atomic E-state index is 13.8. The number of nitrogens with zero attached hydrogens (tertiary/aromatic N) is 2. The Bertz CT molecular complexity index is 610. The molecule has 0 aromatic heterocycles. The summed E-state index contributed by atoms with van der Waals surface area (Å²) in [7, 11) is 0. The van der Waals surface area contributed by atoms with Gasteiger partial charge in [0.15, 0.2) is 0 Å². The molecule has 0 aliphatic carbocycles. The van der Waals surface area contributed by atoms with Gasteiger partial charge >= 0.3 is 6.18 Å². The minimum Gasteiger partial charge on any atom is -0.369 e. The van der Waals surface area contributed by atoms with Gasteiger partial charge in [-0.2, -0.15) is 13.2 Å². The number of hydrogen-bond acceptors (Lipinski definition) is 3. The van der Waals surface area contributed by atoms with Crippen LogP contribution in [0.5, 0.6) is 0 Å². The van der Waals surface area contributed by atoms with E-state index in [0.29, 0.717) is 12.1 Å². The fraction of sp³-hybridized carbons (Fsp3) is 0.588. The number of halogens is 4. The van der Waals surface area contributed by atoms with Crippen molar-refractivity contribution in [3.05, 3.63) is 35.1 Å². The largest absolute Gasteiger partial charge is 0.419 e. The Balaban J connectivity index is 2.12. The van der Waals surface area contributed by atoms with E-state index in [9.17, 15) is 22.4 Å². The van der Waals surface area contributed by atoms with Gasteiger partial charge < -0.3 is 5.73 Å². The summed E-state index contributed by atoms with van der Waals surface area (Å²) in [5.74, 6) is -2.91. The van der Waals surface area contributed by atoms with Crippen molar-refractivity contribution in [2.75, 3.05) is 32.7 Å². The van der Waals surface area contributed by atoms with Gasteiger partial charge in [0.1, 0.15) is 5.82 Å². The van der Waals surface area contributed by atoms with Crippen molar-refractivity contribution in [3.8, 4) is 0 Å². The topological polar surface area (TPSA) is 49.6 Å². The third-order valence-electron chi connectivity index (χ3n) is 4.62. The molecular formula is C17H23F4N3O. The van der Waals surface area contributed by atoms with Gasteiger partial charge in [-0.3, -0.25) is 14.6 Å². The number of benzene rings is 1. The Morgan fingerprint density at radius 2 is 1.80 bits per heavy atom. The quantitative estimate of drug-likeness (QED) is 0.820. The van der Waals surface area contributed by atoms with Crippen molar-refractivity contribution in [1.29, 1.82) is 0 Å². The average molecular weight is 361 g/mol. The second-order valence-corrected chi connectivity index (χ2v) is 6.62. The van der Waals surface area contributed by atoms with E-state index >= 15 is 0 Å². The molecule has 140 valence electrons. The van der Waals surface area contributed by atoms with Crippen molar-refractivity contribution in [2.24, 2.45) is 5.73 Å². The van der Waals surface area contributed by atoms with E-state index in [2.05, 4.69) is 18.7 Å². The fourth-order valence-electron chi connectivity index (χ4n) is 3.06. The van der Waals surface area contributed by atoms with Crippen LogP contribution in [0.3, 0.4) is 0 Å². The Hall–Kier alpha value is -1.67. The highest BCUT2D eigenvalue weighted by Gasteiger charge is 2.35. The van der Waals surface area contributed by atoms with Gasteiger partial charge in [-0.15, -0.1) is 0 Å². The lowest BCUT2D eigenvalue weighted by molar-refractivity contribution is -0.140. The molecule has 2 rings (SSSR count). The Kier molecular flexibility index (Phi) is 6.05. The van der Waals surface area contributed by atoms with Crippen LogP contribution in [0.15, 0.2) is 18.2 Å². The molecule has 0 spiro atoms. The number of nitrogens with two attached hydrogens (primary N) is 1. The highest BCUT2D eigenvalue weighted by atomic mass is 19.4. The number of hydrogen-bond donors (Lipinski definition) is 1. The van der Waals surface area contributed by atoms with Crippen molar-refractivity contribution in [2.45, 2.75) is 32.0 Å². The van der Waals surface area contributed by atoms with E-state index < -0.39 is 29.4 Å². The molecular weight excluding hydrogens is 338 g/mol. The van der Waals surface area contributed by atoms with Crippen LogP contribution in [0.4, 0.5) is 17.6 Å². The maximum Gasteiger partial charge on any atom is 0.419 e. The Morgan fingerprint density at radius 1 is 1.20 bits per heavy atom. The van der Waals surface area contributed by atoms with Gasteiger partial charge in [0.25, 0.3) is 0 Å². The second-order valence-electron chi connectivity index (χ2n) is 6.62. The molecule has 0 unspecified atom stereocenters. The van der Waals surface area contributed by atoms with E-state index in [4.69, 9.17) is 5.73 Å². The zero-order valence-corrected chi connectivity index (χ0v) is 14.3. The van der Waals surface area contributed by atoms with E-state index in [-0.39, 0.29) is 12.1 Å². The molecule has 1 saturated heterocycles. The highest BCUT2D eigenvalue weighted by Crippen LogP contribution is 2.33. The third-order valence-corrected chi connectivity index (χ3v) is 4.62. The molecule has 4 nitrogen and oxygen atoms in total. The first-order valence-corrected chi connectivity index (χ1v) is 8.22. The molecule has 1 aliphatic heterocycles. The van der Waals surface area contributed by atoms with Crippen LogP contribution in [0, 0.1) is 5.82 Å². The van der Waals surface area contributed by atoms with Crippen LogP contribution < -0.4 is 5.73 Å². The van der Waals surface area contributed by atoms with Crippen molar-refractivity contribution < 1.29 is 22.4 Å². The number of primary amides is 1. The molecule has 1 amide bonds. The molecule has 0 saturated carbocycles. The number of carbonyl (C=O) groups excluding carboxylic acids is 1. The van der Waals surface area contributed by atoms with Gasteiger partial charge in [0, 0.05) is 38.8 Å². The van der Waals surface area contributed by atoms with Crippen molar-refractivity contribution in [1.82, 2.24) is 9.80 Å². The van der Waals surface area contributed by atoms with Gasteiger partial charge in [-0.1, -0.05) is 6.07 Å². The zero-order chi connectivity index (χ0) is 18.8. The Morgan fingerprint density at radius 3 is 2.24 bits per heavy atom. The van der Waals surface area contributed by atoms with Crippen LogP contribution in [0.2, 0.25) is 0 Å². The lowest BCUT2D eigenvalue weighted by Crippen LogP contribution is -2.50. The summed E-state index contributed by atoms with van der Waals surface area (Å²) in [4.78, 5) is 16.1. The summed E-state index contributed by atoms with van der Waals surface area (Å²) < 4.78 is 51.8. The van der Waals surface area contributed by atoms with Crippen LogP contribution in [-0.2, 0) is 11.0 Å². The van der Waals surface area contributed by atoms with Crippen LogP contribution in [0.25, 0.3) is 0 Å². The molecule has 0 radical (unpaired) electrons. The first-order valence-electron chi connectivity index (χ1n) is 8.22.